The van der Waals surface area contributed by atoms with Crippen LogP contribution in [0.15, 0.2) is 218 Å². The number of hydrogen-bond donors (Lipinski definition) is 2. The number of hydrogen-bond acceptors (Lipinski definition) is 2. The van der Waals surface area contributed by atoms with E-state index >= 15 is 0 Å². The fourth-order valence-electron chi connectivity index (χ4n) is 5.03. The number of aromatic hydroxyl groups is 2. The Kier molecular flexibility index (Phi) is 14.8. The standard InChI is InChI=1S/2C12H10O.2C11H9.Zr/c2*13-12-8-4-7-11(9-12)10-5-2-1-3-6-10;2*1-2-6-10(7-3-1)11-8-4-5-9-11;/h2*1-9,13H;2*1-9H;/q;;2*-1;+2. The molecular weight excluding hydrogens is 676 g/mol. The van der Waals surface area contributed by atoms with E-state index < -0.39 is 0 Å². The van der Waals surface area contributed by atoms with E-state index in [-0.39, 0.29) is 26.2 Å². The molecule has 8 rings (SSSR count). The van der Waals surface area contributed by atoms with Crippen molar-refractivity contribution in [3.8, 4) is 56.0 Å². The summed E-state index contributed by atoms with van der Waals surface area (Å²) in [5, 5.41) is 18.5. The predicted octanol–water partition coefficient (Wildman–Crippen LogP) is 12.3. The Morgan fingerprint density at radius 3 is 0.878 bits per heavy atom. The first-order valence-corrected chi connectivity index (χ1v) is 15.9. The Morgan fingerprint density at radius 1 is 0.286 bits per heavy atom. The molecule has 0 aliphatic rings. The van der Waals surface area contributed by atoms with Crippen molar-refractivity contribution in [3.63, 3.8) is 0 Å². The Hall–Kier alpha value is -5.50. The number of phenolic OH excluding ortho intramolecular Hbond substituents is 2. The third-order valence-electron chi connectivity index (χ3n) is 7.45. The van der Waals surface area contributed by atoms with E-state index in [0.29, 0.717) is 11.5 Å². The monoisotopic (exact) mass is 712 g/mol. The Labute approximate surface area is 309 Å². The largest absolute Gasteiger partial charge is 2.00 e. The molecule has 2 nitrogen and oxygen atoms in total. The van der Waals surface area contributed by atoms with E-state index in [1.165, 1.54) is 22.3 Å². The van der Waals surface area contributed by atoms with Gasteiger partial charge in [-0.05, 0) is 46.5 Å². The molecule has 0 amide bonds. The van der Waals surface area contributed by atoms with E-state index in [1.54, 1.807) is 24.3 Å². The first-order valence-electron chi connectivity index (χ1n) is 15.9. The molecule has 0 aliphatic carbocycles. The zero-order valence-electron chi connectivity index (χ0n) is 27.2. The van der Waals surface area contributed by atoms with Gasteiger partial charge in [0.2, 0.25) is 0 Å². The molecule has 0 heterocycles. The smallest absolute Gasteiger partial charge is 0.508 e. The van der Waals surface area contributed by atoms with E-state index in [1.807, 2.05) is 97.1 Å². The van der Waals surface area contributed by atoms with Gasteiger partial charge in [0.05, 0.1) is 0 Å². The predicted molar refractivity (Wildman–Crippen MR) is 202 cm³/mol. The first-order chi connectivity index (χ1) is 23.7. The molecule has 0 aromatic heterocycles. The van der Waals surface area contributed by atoms with Crippen LogP contribution in [0.2, 0.25) is 0 Å². The van der Waals surface area contributed by atoms with Gasteiger partial charge in [-0.3, -0.25) is 0 Å². The maximum Gasteiger partial charge on any atom is 2.00 e. The van der Waals surface area contributed by atoms with Crippen molar-refractivity contribution < 1.29 is 36.4 Å². The van der Waals surface area contributed by atoms with Crippen LogP contribution in [-0.4, -0.2) is 10.2 Å². The van der Waals surface area contributed by atoms with Crippen molar-refractivity contribution in [3.05, 3.63) is 218 Å². The molecule has 238 valence electrons. The van der Waals surface area contributed by atoms with Crippen molar-refractivity contribution in [2.75, 3.05) is 0 Å². The van der Waals surface area contributed by atoms with Crippen molar-refractivity contribution in [1.29, 1.82) is 0 Å². The summed E-state index contributed by atoms with van der Waals surface area (Å²) in [6, 6.07) is 72.0. The SMILES string of the molecule is Oc1cccc(-c2ccccc2)c1.Oc1cccc(-c2ccccc2)c1.[Zr+2].c1ccc(-[c-]2cccc2)cc1.c1ccc(-[c-]2cccc2)cc1. The van der Waals surface area contributed by atoms with Gasteiger partial charge in [-0.2, -0.15) is 24.3 Å². The van der Waals surface area contributed by atoms with Gasteiger partial charge in [0.1, 0.15) is 11.5 Å². The molecule has 0 bridgehead atoms. The average molecular weight is 714 g/mol. The summed E-state index contributed by atoms with van der Waals surface area (Å²) in [6.45, 7) is 0. The minimum atomic E-state index is 0. The second kappa shape index (κ2) is 20.0. The Morgan fingerprint density at radius 2 is 0.571 bits per heavy atom. The number of benzene rings is 6. The van der Waals surface area contributed by atoms with E-state index in [4.69, 9.17) is 0 Å². The molecule has 49 heavy (non-hydrogen) atoms. The van der Waals surface area contributed by atoms with Crippen LogP contribution in [0.5, 0.6) is 11.5 Å². The van der Waals surface area contributed by atoms with Crippen LogP contribution in [-0.2, 0) is 26.2 Å². The molecule has 0 radical (unpaired) electrons. The summed E-state index contributed by atoms with van der Waals surface area (Å²) in [5.41, 5.74) is 9.50. The van der Waals surface area contributed by atoms with Crippen molar-refractivity contribution >= 4 is 0 Å². The topological polar surface area (TPSA) is 40.5 Å². The van der Waals surface area contributed by atoms with Crippen molar-refractivity contribution in [2.24, 2.45) is 0 Å². The van der Waals surface area contributed by atoms with E-state index in [9.17, 15) is 10.2 Å². The Balaban J connectivity index is 0.000000147. The molecule has 0 fully saturated rings. The average Bonchev–Trinajstić information content (AvgIpc) is 3.91. The zero-order chi connectivity index (χ0) is 33.2. The van der Waals surface area contributed by atoms with Crippen LogP contribution in [0, 0.1) is 0 Å². The quantitative estimate of drug-likeness (QED) is 0.178. The summed E-state index contributed by atoms with van der Waals surface area (Å²) in [6.07, 6.45) is 0. The molecule has 3 heteroatoms. The molecule has 2 N–H and O–H groups in total. The van der Waals surface area contributed by atoms with Crippen LogP contribution in [0.4, 0.5) is 0 Å². The second-order valence-corrected chi connectivity index (χ2v) is 10.9. The number of rotatable bonds is 4. The van der Waals surface area contributed by atoms with Gasteiger partial charge < -0.3 is 10.2 Å². The second-order valence-electron chi connectivity index (χ2n) is 10.9. The van der Waals surface area contributed by atoms with Gasteiger partial charge in [-0.1, -0.05) is 132 Å². The minimum Gasteiger partial charge on any atom is -0.508 e. The molecule has 0 aliphatic heterocycles. The summed E-state index contributed by atoms with van der Waals surface area (Å²) in [4.78, 5) is 0. The molecule has 0 atom stereocenters. The molecule has 8 aromatic rings. The molecule has 0 saturated carbocycles. The molecule has 0 saturated heterocycles. The van der Waals surface area contributed by atoms with Crippen LogP contribution in [0.3, 0.4) is 0 Å². The zero-order valence-corrected chi connectivity index (χ0v) is 29.6. The first kappa shape index (κ1) is 36.3. The van der Waals surface area contributed by atoms with E-state index in [0.717, 1.165) is 22.3 Å². The fraction of sp³-hybridized carbons (Fsp3) is 0. The third kappa shape index (κ3) is 11.9. The van der Waals surface area contributed by atoms with Gasteiger partial charge in [-0.15, -0.1) is 59.7 Å². The molecule has 0 spiro atoms. The number of phenols is 2. The molecule has 0 unspecified atom stereocenters. The normalized spacial score (nSPS) is 9.63. The van der Waals surface area contributed by atoms with Gasteiger partial charge in [0, 0.05) is 0 Å². The molecule has 8 aromatic carbocycles. The van der Waals surface area contributed by atoms with Gasteiger partial charge in [0.25, 0.3) is 0 Å². The molecular formula is C46H38O2Zr. The Bertz CT molecular complexity index is 1850. The summed E-state index contributed by atoms with van der Waals surface area (Å²) in [7, 11) is 0. The maximum atomic E-state index is 9.27. The van der Waals surface area contributed by atoms with Crippen molar-refractivity contribution in [1.82, 2.24) is 0 Å². The fourth-order valence-corrected chi connectivity index (χ4v) is 5.03. The third-order valence-corrected chi connectivity index (χ3v) is 7.45. The van der Waals surface area contributed by atoms with Crippen LogP contribution >= 0.6 is 0 Å². The van der Waals surface area contributed by atoms with Crippen LogP contribution in [0.25, 0.3) is 44.5 Å². The summed E-state index contributed by atoms with van der Waals surface area (Å²) < 4.78 is 0. The van der Waals surface area contributed by atoms with Crippen molar-refractivity contribution in [2.45, 2.75) is 0 Å². The van der Waals surface area contributed by atoms with Gasteiger partial charge >= 0.3 is 26.2 Å². The van der Waals surface area contributed by atoms with Gasteiger partial charge in [0.15, 0.2) is 0 Å². The van der Waals surface area contributed by atoms with Gasteiger partial charge in [-0.25, -0.2) is 0 Å². The minimum absolute atomic E-state index is 0. The van der Waals surface area contributed by atoms with Crippen LogP contribution in [0.1, 0.15) is 0 Å². The summed E-state index contributed by atoms with van der Waals surface area (Å²) >= 11 is 0. The van der Waals surface area contributed by atoms with E-state index in [2.05, 4.69) is 97.1 Å². The summed E-state index contributed by atoms with van der Waals surface area (Å²) in [5.74, 6) is 0.614. The van der Waals surface area contributed by atoms with Crippen LogP contribution < -0.4 is 0 Å². The maximum absolute atomic E-state index is 9.27.